The van der Waals surface area contributed by atoms with Crippen LogP contribution >= 0.6 is 0 Å². The van der Waals surface area contributed by atoms with E-state index in [-0.39, 0.29) is 19.1 Å². The van der Waals surface area contributed by atoms with Crippen molar-refractivity contribution in [2.24, 2.45) is 5.92 Å². The molecule has 1 N–H and O–H groups in total. The van der Waals surface area contributed by atoms with E-state index in [9.17, 15) is 4.79 Å². The van der Waals surface area contributed by atoms with Gasteiger partial charge in [-0.25, -0.2) is 0 Å². The van der Waals surface area contributed by atoms with E-state index in [1.54, 1.807) is 19.2 Å². The Labute approximate surface area is 158 Å². The highest BCUT2D eigenvalue weighted by molar-refractivity contribution is 5.92. The smallest absolute Gasteiger partial charge is 0.276 e. The van der Waals surface area contributed by atoms with Crippen molar-refractivity contribution in [3.63, 3.8) is 0 Å². The molecular weight excluding hydrogens is 348 g/mol. The molecule has 1 aliphatic heterocycles. The van der Waals surface area contributed by atoms with Gasteiger partial charge >= 0.3 is 0 Å². The summed E-state index contributed by atoms with van der Waals surface area (Å²) in [5.41, 5.74) is 0.307. The third kappa shape index (κ3) is 5.23. The molecule has 0 aliphatic carbocycles. The van der Waals surface area contributed by atoms with Crippen molar-refractivity contribution in [1.29, 1.82) is 0 Å². The lowest BCUT2D eigenvalue weighted by atomic mass is 9.93. The van der Waals surface area contributed by atoms with Crippen molar-refractivity contribution in [3.05, 3.63) is 41.8 Å². The number of aliphatic hydroxyl groups is 1. The Hall–Kier alpha value is -2.54. The van der Waals surface area contributed by atoms with Crippen LogP contribution in [0.15, 0.2) is 34.9 Å². The molecule has 3 rings (SSSR count). The zero-order valence-corrected chi connectivity index (χ0v) is 15.6. The fourth-order valence-corrected chi connectivity index (χ4v) is 3.35. The molecule has 0 spiro atoms. The van der Waals surface area contributed by atoms with E-state index < -0.39 is 0 Å². The molecule has 1 amide bonds. The maximum absolute atomic E-state index is 12.7. The van der Waals surface area contributed by atoms with Gasteiger partial charge in [0.25, 0.3) is 5.91 Å². The third-order valence-corrected chi connectivity index (χ3v) is 4.78. The summed E-state index contributed by atoms with van der Waals surface area (Å²) < 4.78 is 16.1. The first-order chi connectivity index (χ1) is 13.2. The van der Waals surface area contributed by atoms with Crippen LogP contribution in [0.3, 0.4) is 0 Å². The second-order valence-electron chi connectivity index (χ2n) is 6.77. The minimum absolute atomic E-state index is 0.111. The predicted octanol–water partition coefficient (Wildman–Crippen LogP) is 2.89. The van der Waals surface area contributed by atoms with Crippen LogP contribution in [-0.4, -0.2) is 47.9 Å². The first kappa shape index (κ1) is 19.2. The van der Waals surface area contributed by atoms with Gasteiger partial charge in [-0.05, 0) is 43.7 Å². The number of benzene rings is 1. The Morgan fingerprint density at radius 2 is 2.22 bits per heavy atom. The van der Waals surface area contributed by atoms with Crippen LogP contribution in [0.5, 0.6) is 11.5 Å². The van der Waals surface area contributed by atoms with Crippen molar-refractivity contribution in [2.45, 2.75) is 32.3 Å². The summed E-state index contributed by atoms with van der Waals surface area (Å²) in [5, 5.41) is 12.9. The lowest BCUT2D eigenvalue weighted by molar-refractivity contribution is 0.0653. The number of hydrogen-bond donors (Lipinski definition) is 1. The molecule has 1 fully saturated rings. The van der Waals surface area contributed by atoms with Crippen molar-refractivity contribution >= 4 is 5.91 Å². The van der Waals surface area contributed by atoms with Crippen LogP contribution < -0.4 is 9.47 Å². The van der Waals surface area contributed by atoms with Crippen LogP contribution in [0.2, 0.25) is 0 Å². The number of nitrogens with zero attached hydrogens (tertiary/aromatic N) is 2. The van der Waals surface area contributed by atoms with Gasteiger partial charge in [-0.1, -0.05) is 11.2 Å². The molecule has 7 heteroatoms. The van der Waals surface area contributed by atoms with Crippen molar-refractivity contribution in [3.8, 4) is 11.5 Å². The summed E-state index contributed by atoms with van der Waals surface area (Å²) >= 11 is 0. The fourth-order valence-electron chi connectivity index (χ4n) is 3.35. The molecule has 2 aromatic rings. The van der Waals surface area contributed by atoms with Crippen LogP contribution in [-0.2, 0) is 6.61 Å². The van der Waals surface area contributed by atoms with Crippen molar-refractivity contribution in [2.75, 3.05) is 26.8 Å². The van der Waals surface area contributed by atoms with Gasteiger partial charge in [-0.15, -0.1) is 0 Å². The second kappa shape index (κ2) is 9.41. The van der Waals surface area contributed by atoms with Crippen LogP contribution in [0.25, 0.3) is 0 Å². The molecule has 0 bridgehead atoms. The number of piperidine rings is 1. The molecule has 146 valence electrons. The average Bonchev–Trinajstić information content (AvgIpc) is 3.19. The molecule has 0 radical (unpaired) electrons. The maximum atomic E-state index is 12.7. The Morgan fingerprint density at radius 3 is 3.04 bits per heavy atom. The van der Waals surface area contributed by atoms with Gasteiger partial charge in [-0.2, -0.15) is 0 Å². The van der Waals surface area contributed by atoms with E-state index in [0.717, 1.165) is 32.2 Å². The summed E-state index contributed by atoms with van der Waals surface area (Å²) in [6.45, 7) is 1.83. The molecular formula is C20H26N2O5. The van der Waals surface area contributed by atoms with E-state index in [1.807, 2.05) is 23.1 Å². The van der Waals surface area contributed by atoms with Crippen molar-refractivity contribution in [1.82, 2.24) is 10.1 Å². The highest BCUT2D eigenvalue weighted by atomic mass is 16.5. The van der Waals surface area contributed by atoms with Gasteiger partial charge < -0.3 is 24.0 Å². The summed E-state index contributed by atoms with van der Waals surface area (Å²) in [5.74, 6) is 2.19. The van der Waals surface area contributed by atoms with E-state index in [2.05, 4.69) is 5.16 Å². The highest BCUT2D eigenvalue weighted by Gasteiger charge is 2.26. The Balaban J connectivity index is 1.55. The van der Waals surface area contributed by atoms with Crippen molar-refractivity contribution < 1.29 is 23.9 Å². The van der Waals surface area contributed by atoms with Gasteiger partial charge in [-0.3, -0.25) is 4.79 Å². The third-order valence-electron chi connectivity index (χ3n) is 4.78. The molecule has 0 saturated carbocycles. The lowest BCUT2D eigenvalue weighted by Gasteiger charge is -2.32. The standard InChI is InChI=1S/C20H26N2O5/c1-25-16-7-2-8-17(11-16)26-14-18-12-19(21-27-18)20(24)22-9-3-5-15(13-22)6-4-10-23/h2,7-8,11-12,15,23H,3-6,9-10,13-14H2,1H3/t15-/m0/s1. The number of carbonyl (C=O) groups excluding carboxylic acids is 1. The minimum atomic E-state index is -0.111. The van der Waals surface area contributed by atoms with Crippen LogP contribution in [0.1, 0.15) is 41.9 Å². The van der Waals surface area contributed by atoms with Gasteiger partial charge in [0.05, 0.1) is 7.11 Å². The number of hydrogen-bond acceptors (Lipinski definition) is 6. The lowest BCUT2D eigenvalue weighted by Crippen LogP contribution is -2.40. The number of amides is 1. The zero-order valence-electron chi connectivity index (χ0n) is 15.6. The quantitative estimate of drug-likeness (QED) is 0.765. The highest BCUT2D eigenvalue weighted by Crippen LogP contribution is 2.23. The topological polar surface area (TPSA) is 85.0 Å². The number of rotatable bonds is 8. The molecule has 0 unspecified atom stereocenters. The Morgan fingerprint density at radius 1 is 1.37 bits per heavy atom. The minimum Gasteiger partial charge on any atom is -0.497 e. The van der Waals surface area contributed by atoms with Gasteiger partial charge in [0.15, 0.2) is 11.5 Å². The molecule has 27 heavy (non-hydrogen) atoms. The largest absolute Gasteiger partial charge is 0.497 e. The molecule has 1 aromatic heterocycles. The average molecular weight is 374 g/mol. The zero-order chi connectivity index (χ0) is 19.1. The first-order valence-electron chi connectivity index (χ1n) is 9.32. The fraction of sp³-hybridized carbons (Fsp3) is 0.500. The maximum Gasteiger partial charge on any atom is 0.276 e. The normalized spacial score (nSPS) is 17.0. The van der Waals surface area contributed by atoms with Gasteiger partial charge in [0, 0.05) is 31.8 Å². The summed E-state index contributed by atoms with van der Waals surface area (Å²) in [4.78, 5) is 14.5. The number of ether oxygens (including phenoxy) is 2. The molecule has 1 aliphatic rings. The van der Waals surface area contributed by atoms with E-state index in [4.69, 9.17) is 19.1 Å². The van der Waals surface area contributed by atoms with Crippen LogP contribution in [0.4, 0.5) is 0 Å². The van der Waals surface area contributed by atoms with E-state index >= 15 is 0 Å². The number of aliphatic hydroxyl groups excluding tert-OH is 1. The molecule has 1 aromatic carbocycles. The number of aromatic nitrogens is 1. The van der Waals surface area contributed by atoms with Gasteiger partial charge in [0.1, 0.15) is 18.1 Å². The van der Waals surface area contributed by atoms with Gasteiger partial charge in [0.2, 0.25) is 0 Å². The first-order valence-corrected chi connectivity index (χ1v) is 9.32. The Kier molecular flexibility index (Phi) is 6.70. The summed E-state index contributed by atoms with van der Waals surface area (Å²) in [6.07, 6.45) is 3.80. The monoisotopic (exact) mass is 374 g/mol. The SMILES string of the molecule is COc1cccc(OCc2cc(C(=O)N3CCC[C@@H](CCCO)C3)no2)c1. The number of likely N-dealkylation sites (tertiary alicyclic amines) is 1. The van der Waals surface area contributed by atoms with E-state index in [1.165, 1.54) is 0 Å². The second-order valence-corrected chi connectivity index (χ2v) is 6.77. The van der Waals surface area contributed by atoms with E-state index in [0.29, 0.717) is 35.4 Å². The summed E-state index contributed by atoms with van der Waals surface area (Å²) in [7, 11) is 1.60. The number of methoxy groups -OCH3 is 1. The Bertz CT molecular complexity index is 745. The number of carbonyl (C=O) groups is 1. The molecule has 2 heterocycles. The molecule has 7 nitrogen and oxygen atoms in total. The molecule has 1 atom stereocenters. The molecule has 1 saturated heterocycles. The van der Waals surface area contributed by atoms with Crippen LogP contribution in [0, 0.1) is 5.92 Å². The summed E-state index contributed by atoms with van der Waals surface area (Å²) in [6, 6.07) is 8.92. The predicted molar refractivity (Wildman–Crippen MR) is 98.8 cm³/mol.